The summed E-state index contributed by atoms with van der Waals surface area (Å²) in [6, 6.07) is 0. The maximum absolute atomic E-state index is 13.4. The van der Waals surface area contributed by atoms with Crippen molar-refractivity contribution in [1.82, 2.24) is 0 Å². The van der Waals surface area contributed by atoms with Crippen LogP contribution in [0.1, 0.15) is 113 Å². The number of fused-ring (bicyclic) bond motifs is 6. The molecule has 0 radical (unpaired) electrons. The van der Waals surface area contributed by atoms with Gasteiger partial charge in [0.25, 0.3) is 0 Å². The van der Waals surface area contributed by atoms with Crippen molar-refractivity contribution in [3.63, 3.8) is 0 Å². The smallest absolute Gasteiger partial charge is 0.330 e. The van der Waals surface area contributed by atoms with Crippen LogP contribution in [-0.4, -0.2) is 131 Å². The molecule has 11 atom stereocenters. The number of carbonyl (C=O) groups is 5. The van der Waals surface area contributed by atoms with Crippen LogP contribution in [0.3, 0.4) is 0 Å². The zero-order valence-electron chi connectivity index (χ0n) is 37.0. The molecule has 0 unspecified atom stereocenters. The van der Waals surface area contributed by atoms with Gasteiger partial charge in [0.1, 0.15) is 12.2 Å². The maximum Gasteiger partial charge on any atom is 0.330 e. The first-order chi connectivity index (χ1) is 28.3. The molecule has 0 aliphatic carbocycles. The van der Waals surface area contributed by atoms with E-state index >= 15 is 0 Å². The van der Waals surface area contributed by atoms with Gasteiger partial charge in [-0.3, -0.25) is 14.4 Å². The van der Waals surface area contributed by atoms with E-state index in [2.05, 4.69) is 0 Å². The summed E-state index contributed by atoms with van der Waals surface area (Å²) in [4.78, 5) is 64.3. The highest BCUT2D eigenvalue weighted by Gasteiger charge is 2.59. The minimum atomic E-state index is -2.41. The van der Waals surface area contributed by atoms with Crippen LogP contribution in [0.4, 0.5) is 0 Å². The number of rotatable bonds is 7. The number of aliphatic hydroxyl groups is 4. The zero-order chi connectivity index (χ0) is 45.7. The second-order valence-corrected chi connectivity index (χ2v) is 18.3. The molecule has 4 rings (SSSR count). The van der Waals surface area contributed by atoms with E-state index in [9.17, 15) is 44.4 Å². The molecule has 4 heterocycles. The van der Waals surface area contributed by atoms with E-state index < -0.39 is 114 Å². The molecular formula is C44H66O17. The normalized spacial score (nSPS) is 36.8. The van der Waals surface area contributed by atoms with Crippen LogP contribution < -0.4 is 0 Å². The van der Waals surface area contributed by atoms with Crippen molar-refractivity contribution in [3.8, 4) is 0 Å². The molecule has 17 heteroatoms. The first-order valence-corrected chi connectivity index (χ1v) is 20.9. The average Bonchev–Trinajstić information content (AvgIpc) is 3.13. The highest BCUT2D eigenvalue weighted by molar-refractivity contribution is 5.83. The van der Waals surface area contributed by atoms with Crippen molar-refractivity contribution in [2.45, 2.75) is 180 Å². The third-order valence-corrected chi connectivity index (χ3v) is 12.0. The lowest BCUT2D eigenvalue weighted by Gasteiger charge is -2.54. The van der Waals surface area contributed by atoms with E-state index in [0.29, 0.717) is 5.57 Å². The van der Waals surface area contributed by atoms with E-state index in [4.69, 9.17) is 37.9 Å². The molecular weight excluding hydrogens is 800 g/mol. The lowest BCUT2D eigenvalue weighted by molar-refractivity contribution is -0.349. The molecule has 344 valence electrons. The predicted octanol–water partition coefficient (Wildman–Crippen LogP) is 3.41. The summed E-state index contributed by atoms with van der Waals surface area (Å²) in [6.45, 7) is 12.9. The van der Waals surface area contributed by atoms with E-state index in [0.717, 1.165) is 20.1 Å². The summed E-state index contributed by atoms with van der Waals surface area (Å²) in [5, 5.41) is 47.4. The van der Waals surface area contributed by atoms with Crippen LogP contribution in [0.2, 0.25) is 0 Å². The number of ether oxygens (including phenoxy) is 8. The zero-order valence-corrected chi connectivity index (χ0v) is 37.0. The quantitative estimate of drug-likeness (QED) is 0.124. The monoisotopic (exact) mass is 866 g/mol. The van der Waals surface area contributed by atoms with Crippen molar-refractivity contribution >= 4 is 29.8 Å². The van der Waals surface area contributed by atoms with E-state index in [1.807, 2.05) is 13.8 Å². The molecule has 0 aromatic carbocycles. The summed E-state index contributed by atoms with van der Waals surface area (Å²) >= 11 is 0. The molecule has 4 aliphatic rings. The summed E-state index contributed by atoms with van der Waals surface area (Å²) in [6.07, 6.45) is -4.92. The number of hydrogen-bond acceptors (Lipinski definition) is 17. The molecule has 0 aromatic heterocycles. The van der Waals surface area contributed by atoms with Crippen LogP contribution in [0, 0.1) is 16.7 Å². The number of aliphatic hydroxyl groups excluding tert-OH is 2. The van der Waals surface area contributed by atoms with Crippen molar-refractivity contribution in [1.29, 1.82) is 0 Å². The van der Waals surface area contributed by atoms with Gasteiger partial charge in [0.15, 0.2) is 11.9 Å². The SMILES string of the molecule is COC(=O)/C=C1/C[C@H]2C[C@]3(O)O[C@H](C[C@@H](O)CC(=O)O[C@@H]([C@@H](C)O)C[C@@H]4C/C(=C\C(=O)OC)[C@@H](OC(C)=O)[C@@](O)(O4)C(C)(C)/C=C/[C@@H](C1)O2)C[C@H](OC(=O)CC(C)C)C3(C)C. The number of hydrogen-bond donors (Lipinski definition) is 4. The fourth-order valence-corrected chi connectivity index (χ4v) is 8.45. The first kappa shape index (κ1) is 49.9. The maximum atomic E-state index is 13.4. The Bertz CT molecular complexity index is 1700. The number of methoxy groups -OCH3 is 2. The predicted molar refractivity (Wildman–Crippen MR) is 215 cm³/mol. The Balaban J connectivity index is 1.87. The fraction of sp³-hybridized carbons (Fsp3) is 0.750. The molecule has 4 N–H and O–H groups in total. The van der Waals surface area contributed by atoms with Crippen molar-refractivity contribution in [2.75, 3.05) is 14.2 Å². The molecule has 17 nitrogen and oxygen atoms in total. The van der Waals surface area contributed by atoms with Gasteiger partial charge in [0.2, 0.25) is 5.79 Å². The minimum Gasteiger partial charge on any atom is -0.466 e. The average molecular weight is 867 g/mol. The second kappa shape index (κ2) is 20.2. The van der Waals surface area contributed by atoms with Gasteiger partial charge in [-0.15, -0.1) is 0 Å². The van der Waals surface area contributed by atoms with Gasteiger partial charge in [-0.2, -0.15) is 0 Å². The van der Waals surface area contributed by atoms with Gasteiger partial charge < -0.3 is 58.3 Å². The Hall–Kier alpha value is -3.71. The fourth-order valence-electron chi connectivity index (χ4n) is 8.45. The lowest BCUT2D eigenvalue weighted by Crippen LogP contribution is -2.62. The highest BCUT2D eigenvalue weighted by atomic mass is 16.7. The number of carbonyl (C=O) groups excluding carboxylic acids is 5. The molecule has 0 aromatic rings. The van der Waals surface area contributed by atoms with Gasteiger partial charge in [-0.1, -0.05) is 59.3 Å². The highest BCUT2D eigenvalue weighted by Crippen LogP contribution is 2.50. The van der Waals surface area contributed by atoms with E-state index in [-0.39, 0.29) is 62.9 Å². The number of esters is 5. The second-order valence-electron chi connectivity index (χ2n) is 18.3. The Labute approximate surface area is 357 Å². The molecule has 6 bridgehead atoms. The Morgan fingerprint density at radius 1 is 0.869 bits per heavy atom. The largest absolute Gasteiger partial charge is 0.466 e. The summed E-state index contributed by atoms with van der Waals surface area (Å²) in [7, 11) is 2.40. The molecule has 4 aliphatic heterocycles. The Kier molecular flexibility index (Phi) is 16.5. The molecule has 3 fully saturated rings. The standard InChI is InChI=1S/C44H66O17/c1-24(2)13-38(50)59-35-22-32-19-29(47)20-39(51)58-34(25(3)45)21-31-17-28(18-37(49)55-10)40(56-26(4)46)44(53,61-31)41(5,6)12-11-30-14-27(16-36(48)54-9)15-33(57-30)23-43(52,60-32)42(35,7)8/h11-12,16,18,24-25,29-35,40,45,47,52-53H,13-15,17,19-23H2,1-10H3/b12-11+,27-16+,28-18+/t25-,29-,30+,31+,32-,33+,34-,35+,40-,43+,44-/m1/s1. The third kappa shape index (κ3) is 12.5. The summed E-state index contributed by atoms with van der Waals surface area (Å²) in [5.41, 5.74) is -1.98. The van der Waals surface area contributed by atoms with Crippen LogP contribution in [-0.2, 0) is 61.9 Å². The summed E-state index contributed by atoms with van der Waals surface area (Å²) < 4.78 is 46.5. The van der Waals surface area contributed by atoms with Gasteiger partial charge in [0, 0.05) is 56.6 Å². The van der Waals surface area contributed by atoms with Gasteiger partial charge in [-0.05, 0) is 37.7 Å². The molecule has 0 spiro atoms. The molecule has 3 saturated heterocycles. The van der Waals surface area contributed by atoms with E-state index in [1.54, 1.807) is 39.8 Å². The topological polar surface area (TPSA) is 240 Å². The van der Waals surface area contributed by atoms with Crippen molar-refractivity contribution < 1.29 is 82.3 Å². The lowest BCUT2D eigenvalue weighted by atomic mass is 9.70. The van der Waals surface area contributed by atoms with Crippen LogP contribution in [0.25, 0.3) is 0 Å². The Morgan fingerprint density at radius 3 is 2.13 bits per heavy atom. The Morgan fingerprint density at radius 2 is 1.52 bits per heavy atom. The van der Waals surface area contributed by atoms with Gasteiger partial charge in [0.05, 0.1) is 62.7 Å². The molecule has 0 amide bonds. The molecule has 61 heavy (non-hydrogen) atoms. The summed E-state index contributed by atoms with van der Waals surface area (Å²) in [5.74, 6) is -8.04. The first-order valence-electron chi connectivity index (χ1n) is 20.9. The minimum absolute atomic E-state index is 0.00726. The van der Waals surface area contributed by atoms with Crippen LogP contribution in [0.15, 0.2) is 35.5 Å². The third-order valence-electron chi connectivity index (χ3n) is 12.0. The van der Waals surface area contributed by atoms with Crippen LogP contribution in [0.5, 0.6) is 0 Å². The van der Waals surface area contributed by atoms with Gasteiger partial charge in [-0.25, -0.2) is 9.59 Å². The van der Waals surface area contributed by atoms with Crippen molar-refractivity contribution in [3.05, 3.63) is 35.5 Å². The molecule has 0 saturated carbocycles. The van der Waals surface area contributed by atoms with Crippen molar-refractivity contribution in [2.24, 2.45) is 16.7 Å². The van der Waals surface area contributed by atoms with Crippen LogP contribution >= 0.6 is 0 Å². The number of cyclic esters (lactones) is 1. The van der Waals surface area contributed by atoms with E-state index in [1.165, 1.54) is 20.1 Å². The van der Waals surface area contributed by atoms with Gasteiger partial charge >= 0.3 is 29.8 Å².